The first-order valence-electron chi connectivity index (χ1n) is 11.0. The Hall–Kier alpha value is -1.87. The molecule has 3 aromatic rings. The second-order valence-electron chi connectivity index (χ2n) is 9.00. The van der Waals surface area contributed by atoms with E-state index in [0.29, 0.717) is 50.2 Å². The molecular formula is C24H26BrCl2FN4O2. The first-order valence-corrected chi connectivity index (χ1v) is 12.1. The minimum Gasteiger partial charge on any atom is -0.493 e. The van der Waals surface area contributed by atoms with E-state index in [0.717, 1.165) is 11.8 Å². The lowest BCUT2D eigenvalue weighted by Gasteiger charge is -2.17. The van der Waals surface area contributed by atoms with Gasteiger partial charge in [-0.15, -0.1) is 12.4 Å². The van der Waals surface area contributed by atoms with E-state index < -0.39 is 5.82 Å². The Morgan fingerprint density at radius 3 is 2.59 bits per heavy atom. The van der Waals surface area contributed by atoms with E-state index in [9.17, 15) is 4.39 Å². The highest BCUT2D eigenvalue weighted by atomic mass is 79.9. The highest BCUT2D eigenvalue weighted by Gasteiger charge is 2.39. The predicted molar refractivity (Wildman–Crippen MR) is 138 cm³/mol. The van der Waals surface area contributed by atoms with E-state index in [1.54, 1.807) is 7.11 Å². The van der Waals surface area contributed by atoms with Crippen molar-refractivity contribution in [2.75, 3.05) is 39.2 Å². The van der Waals surface area contributed by atoms with Gasteiger partial charge >= 0.3 is 0 Å². The standard InChI is InChI=1S/C24H25BrClFN4O2.ClH/c1-31-9-14-3-13(4-15(14)10-31)11-33-23-8-20-16(5-22(23)32-2)24(29-12-28-20)30-21-7-18(26)17(25)6-19(21)27;/h5-8,12-15H,3-4,9-11H2,1-2H3,(H,28,29,30);1H/t13-,14-,15+;. The van der Waals surface area contributed by atoms with Crippen molar-refractivity contribution in [1.82, 2.24) is 14.9 Å². The fourth-order valence-corrected chi connectivity index (χ4v) is 5.66. The van der Waals surface area contributed by atoms with Crippen LogP contribution in [-0.4, -0.2) is 48.7 Å². The topological polar surface area (TPSA) is 59.5 Å². The van der Waals surface area contributed by atoms with Crippen LogP contribution in [0.25, 0.3) is 10.9 Å². The minimum atomic E-state index is -0.447. The van der Waals surface area contributed by atoms with Gasteiger partial charge in [0.05, 0.1) is 29.9 Å². The zero-order valence-electron chi connectivity index (χ0n) is 18.9. The van der Waals surface area contributed by atoms with Crippen molar-refractivity contribution in [3.63, 3.8) is 0 Å². The molecule has 6 nitrogen and oxygen atoms in total. The average Bonchev–Trinajstić information content (AvgIpc) is 3.32. The third-order valence-corrected chi connectivity index (χ3v) is 7.89. The number of nitrogens with zero attached hydrogens (tertiary/aromatic N) is 3. The van der Waals surface area contributed by atoms with Gasteiger partial charge in [0.2, 0.25) is 0 Å². The number of halogens is 4. The van der Waals surface area contributed by atoms with Gasteiger partial charge in [-0.2, -0.15) is 0 Å². The number of anilines is 2. The van der Waals surface area contributed by atoms with Crippen LogP contribution in [0, 0.1) is 23.6 Å². The van der Waals surface area contributed by atoms with E-state index in [-0.39, 0.29) is 18.1 Å². The Labute approximate surface area is 217 Å². The van der Waals surface area contributed by atoms with E-state index in [1.807, 2.05) is 12.1 Å². The molecular weight excluding hydrogens is 546 g/mol. The molecule has 1 saturated heterocycles. The van der Waals surface area contributed by atoms with Gasteiger partial charge in [-0.05, 0) is 71.8 Å². The fourth-order valence-electron chi connectivity index (χ4n) is 5.19. The largest absolute Gasteiger partial charge is 0.493 e. The van der Waals surface area contributed by atoms with E-state index >= 15 is 0 Å². The van der Waals surface area contributed by atoms with Crippen molar-refractivity contribution in [3.8, 4) is 11.5 Å². The molecule has 10 heteroatoms. The van der Waals surface area contributed by atoms with Gasteiger partial charge in [-0.1, -0.05) is 11.6 Å². The molecule has 1 aromatic heterocycles. The van der Waals surface area contributed by atoms with Crippen molar-refractivity contribution in [1.29, 1.82) is 0 Å². The fraction of sp³-hybridized carbons (Fsp3) is 0.417. The maximum absolute atomic E-state index is 14.4. The molecule has 2 fully saturated rings. The number of hydrogen-bond donors (Lipinski definition) is 1. The number of aromatic nitrogens is 2. The average molecular weight is 572 g/mol. The first-order chi connectivity index (χ1) is 15.9. The number of benzene rings is 2. The molecule has 5 rings (SSSR count). The Morgan fingerprint density at radius 2 is 1.88 bits per heavy atom. The van der Waals surface area contributed by atoms with Crippen LogP contribution >= 0.6 is 39.9 Å². The number of likely N-dealkylation sites (tertiary alicyclic amines) is 1. The van der Waals surface area contributed by atoms with Crippen molar-refractivity contribution in [2.45, 2.75) is 12.8 Å². The Kier molecular flexibility index (Phi) is 7.72. The molecule has 1 saturated carbocycles. The van der Waals surface area contributed by atoms with Gasteiger partial charge in [0, 0.05) is 29.0 Å². The van der Waals surface area contributed by atoms with Crippen LogP contribution in [0.5, 0.6) is 11.5 Å². The molecule has 1 aliphatic heterocycles. The molecule has 34 heavy (non-hydrogen) atoms. The molecule has 3 atom stereocenters. The second-order valence-corrected chi connectivity index (χ2v) is 10.3. The number of fused-ring (bicyclic) bond motifs is 2. The van der Waals surface area contributed by atoms with Crippen LogP contribution in [-0.2, 0) is 0 Å². The lowest BCUT2D eigenvalue weighted by Crippen LogP contribution is -2.18. The zero-order chi connectivity index (χ0) is 23.1. The van der Waals surface area contributed by atoms with Gasteiger partial charge in [0.25, 0.3) is 0 Å². The number of nitrogens with one attached hydrogen (secondary N) is 1. The Morgan fingerprint density at radius 1 is 1.15 bits per heavy atom. The number of methoxy groups -OCH3 is 1. The molecule has 0 radical (unpaired) electrons. The van der Waals surface area contributed by atoms with E-state index in [1.165, 1.54) is 44.4 Å². The third-order valence-electron chi connectivity index (χ3n) is 6.69. The number of rotatable bonds is 6. The van der Waals surface area contributed by atoms with E-state index in [4.69, 9.17) is 21.1 Å². The summed E-state index contributed by atoms with van der Waals surface area (Å²) in [6, 6.07) is 6.51. The number of hydrogen-bond acceptors (Lipinski definition) is 6. The molecule has 2 aliphatic rings. The lowest BCUT2D eigenvalue weighted by atomic mass is 10.0. The summed E-state index contributed by atoms with van der Waals surface area (Å²) in [5, 5.41) is 4.11. The van der Waals surface area contributed by atoms with Crippen molar-refractivity contribution in [3.05, 3.63) is 45.9 Å². The molecule has 0 unspecified atom stereocenters. The highest BCUT2D eigenvalue weighted by Crippen LogP contribution is 2.42. The van der Waals surface area contributed by atoms with Crippen LogP contribution in [0.1, 0.15) is 12.8 Å². The van der Waals surface area contributed by atoms with Crippen LogP contribution in [0.2, 0.25) is 5.02 Å². The molecule has 0 amide bonds. The minimum absolute atomic E-state index is 0. The summed E-state index contributed by atoms with van der Waals surface area (Å²) in [4.78, 5) is 11.1. The summed E-state index contributed by atoms with van der Waals surface area (Å²) in [6.45, 7) is 3.05. The lowest BCUT2D eigenvalue weighted by molar-refractivity contribution is 0.227. The van der Waals surface area contributed by atoms with Gasteiger partial charge in [-0.25, -0.2) is 14.4 Å². The maximum Gasteiger partial charge on any atom is 0.163 e. The molecule has 182 valence electrons. The van der Waals surface area contributed by atoms with E-state index in [2.05, 4.69) is 43.2 Å². The van der Waals surface area contributed by atoms with Crippen molar-refractivity contribution >= 4 is 62.3 Å². The second kappa shape index (κ2) is 10.4. The molecule has 0 spiro atoms. The third kappa shape index (κ3) is 5.05. The van der Waals surface area contributed by atoms with Gasteiger partial charge < -0.3 is 19.7 Å². The van der Waals surface area contributed by atoms with Crippen molar-refractivity contribution < 1.29 is 13.9 Å². The molecule has 1 N–H and O–H groups in total. The summed E-state index contributed by atoms with van der Waals surface area (Å²) in [7, 11) is 3.81. The highest BCUT2D eigenvalue weighted by molar-refractivity contribution is 9.10. The Bertz CT molecular complexity index is 1190. The summed E-state index contributed by atoms with van der Waals surface area (Å²) < 4.78 is 26.7. The monoisotopic (exact) mass is 570 g/mol. The van der Waals surface area contributed by atoms with Crippen LogP contribution in [0.4, 0.5) is 15.9 Å². The van der Waals surface area contributed by atoms with Crippen LogP contribution in [0.3, 0.4) is 0 Å². The smallest absolute Gasteiger partial charge is 0.163 e. The van der Waals surface area contributed by atoms with Gasteiger partial charge in [-0.3, -0.25) is 0 Å². The predicted octanol–water partition coefficient (Wildman–Crippen LogP) is 6.33. The first kappa shape index (κ1) is 25.2. The quantitative estimate of drug-likeness (QED) is 0.349. The molecule has 2 aromatic carbocycles. The summed E-state index contributed by atoms with van der Waals surface area (Å²) >= 11 is 9.37. The molecule has 0 bridgehead atoms. The normalized spacial score (nSPS) is 21.9. The van der Waals surface area contributed by atoms with Gasteiger partial charge in [0.15, 0.2) is 11.5 Å². The van der Waals surface area contributed by atoms with Crippen LogP contribution < -0.4 is 14.8 Å². The molecule has 2 heterocycles. The summed E-state index contributed by atoms with van der Waals surface area (Å²) in [6.07, 6.45) is 3.86. The number of ether oxygens (including phenoxy) is 2. The SMILES string of the molecule is COc1cc2c(Nc3cc(Cl)c(Br)cc3F)ncnc2cc1OC[C@@H]1C[C@@H]2CN(C)C[C@@H]2C1.Cl. The summed E-state index contributed by atoms with van der Waals surface area (Å²) in [5.74, 6) is 3.38. The summed E-state index contributed by atoms with van der Waals surface area (Å²) in [5.41, 5.74) is 0.900. The molecule has 1 aliphatic carbocycles. The maximum atomic E-state index is 14.4. The van der Waals surface area contributed by atoms with Gasteiger partial charge in [0.1, 0.15) is 18.0 Å². The van der Waals surface area contributed by atoms with Crippen LogP contribution in [0.15, 0.2) is 35.1 Å². The Balaban J connectivity index is 0.00000274. The van der Waals surface area contributed by atoms with Crippen molar-refractivity contribution in [2.24, 2.45) is 17.8 Å². The zero-order valence-corrected chi connectivity index (χ0v) is 22.0.